The van der Waals surface area contributed by atoms with Gasteiger partial charge in [0.2, 0.25) is 0 Å². The summed E-state index contributed by atoms with van der Waals surface area (Å²) in [6.45, 7) is 7.34. The fourth-order valence-electron chi connectivity index (χ4n) is 3.45. The van der Waals surface area contributed by atoms with Crippen molar-refractivity contribution >= 4 is 16.8 Å². The highest BCUT2D eigenvalue weighted by atomic mass is 32.2. The lowest BCUT2D eigenvalue weighted by Crippen LogP contribution is -3.05. The van der Waals surface area contributed by atoms with Crippen LogP contribution in [0.1, 0.15) is 64.0 Å². The standard InChI is InChI=1S/C22H35NO3S/c1-22(2,3)18-12-10-17(11-13-18)16-27(25)20-9-7-6-8-19(20)26-21(24)14-15-23(4)5/h10-13,19-20H,6-9,14-16H2,1-5H3/p+1/t19-,20-,27+/m0/s1. The highest BCUT2D eigenvalue weighted by Crippen LogP contribution is 2.28. The fraction of sp³-hybridized carbons (Fsp3) is 0.682. The molecule has 0 amide bonds. The quantitative estimate of drug-likeness (QED) is 0.723. The zero-order chi connectivity index (χ0) is 20.0. The van der Waals surface area contributed by atoms with Crippen molar-refractivity contribution in [1.29, 1.82) is 0 Å². The monoisotopic (exact) mass is 394 g/mol. The van der Waals surface area contributed by atoms with E-state index in [2.05, 4.69) is 45.0 Å². The minimum atomic E-state index is -1.03. The molecular formula is C22H36NO3S+. The molecule has 0 radical (unpaired) electrons. The molecule has 1 aliphatic rings. The molecule has 0 saturated heterocycles. The van der Waals surface area contributed by atoms with E-state index in [1.165, 1.54) is 10.5 Å². The van der Waals surface area contributed by atoms with Crippen LogP contribution in [0.3, 0.4) is 0 Å². The summed E-state index contributed by atoms with van der Waals surface area (Å²) in [4.78, 5) is 13.4. The molecule has 4 nitrogen and oxygen atoms in total. The van der Waals surface area contributed by atoms with Gasteiger partial charge in [-0.3, -0.25) is 9.00 Å². The van der Waals surface area contributed by atoms with E-state index in [1.54, 1.807) is 0 Å². The SMILES string of the molecule is C[NH+](C)CCC(=O)O[C@H]1CCCC[C@@H]1[S@](=O)Cc1ccc(C(C)(C)C)cc1. The molecule has 2 rings (SSSR count). The highest BCUT2D eigenvalue weighted by molar-refractivity contribution is 7.84. The maximum atomic E-state index is 13.0. The number of benzene rings is 1. The van der Waals surface area contributed by atoms with Crippen LogP contribution in [-0.2, 0) is 31.5 Å². The van der Waals surface area contributed by atoms with Crippen molar-refractivity contribution in [2.75, 3.05) is 20.6 Å². The van der Waals surface area contributed by atoms with Crippen LogP contribution in [0.2, 0.25) is 0 Å². The molecule has 3 atom stereocenters. The lowest BCUT2D eigenvalue weighted by atomic mass is 9.87. The molecule has 1 aromatic carbocycles. The molecule has 0 bridgehead atoms. The molecule has 0 aliphatic heterocycles. The predicted octanol–water partition coefficient (Wildman–Crippen LogP) is 2.62. The number of quaternary nitrogens is 1. The number of hydrogen-bond acceptors (Lipinski definition) is 3. The Balaban J connectivity index is 1.97. The Kier molecular flexibility index (Phi) is 8.04. The predicted molar refractivity (Wildman–Crippen MR) is 111 cm³/mol. The van der Waals surface area contributed by atoms with Gasteiger partial charge in [-0.25, -0.2) is 0 Å². The molecule has 152 valence electrons. The second kappa shape index (κ2) is 9.83. The van der Waals surface area contributed by atoms with Crippen molar-refractivity contribution in [2.24, 2.45) is 0 Å². The van der Waals surface area contributed by atoms with Crippen LogP contribution >= 0.6 is 0 Å². The second-order valence-electron chi connectivity index (χ2n) is 9.03. The van der Waals surface area contributed by atoms with Gasteiger partial charge in [-0.05, 0) is 35.8 Å². The van der Waals surface area contributed by atoms with E-state index in [0.717, 1.165) is 37.8 Å². The van der Waals surface area contributed by atoms with Crippen molar-refractivity contribution in [1.82, 2.24) is 0 Å². The molecule has 0 spiro atoms. The Morgan fingerprint density at radius 1 is 1.15 bits per heavy atom. The van der Waals surface area contributed by atoms with E-state index in [0.29, 0.717) is 12.2 Å². The van der Waals surface area contributed by atoms with Gasteiger partial charge >= 0.3 is 5.97 Å². The maximum absolute atomic E-state index is 13.0. The van der Waals surface area contributed by atoms with Gasteiger partial charge in [0.05, 0.1) is 32.3 Å². The van der Waals surface area contributed by atoms with Crippen LogP contribution in [0.4, 0.5) is 0 Å². The Hall–Kier alpha value is -1.20. The third kappa shape index (κ3) is 7.04. The summed E-state index contributed by atoms with van der Waals surface area (Å²) in [6, 6.07) is 8.44. The first-order valence-electron chi connectivity index (χ1n) is 10.1. The van der Waals surface area contributed by atoms with Gasteiger partial charge in [0.15, 0.2) is 0 Å². The van der Waals surface area contributed by atoms with E-state index in [9.17, 15) is 9.00 Å². The molecule has 1 aliphatic carbocycles. The van der Waals surface area contributed by atoms with Crippen LogP contribution in [0.25, 0.3) is 0 Å². The average molecular weight is 395 g/mol. The average Bonchev–Trinajstić information content (AvgIpc) is 2.60. The van der Waals surface area contributed by atoms with Crippen LogP contribution in [-0.4, -0.2) is 42.2 Å². The van der Waals surface area contributed by atoms with Gasteiger partial charge in [-0.2, -0.15) is 0 Å². The van der Waals surface area contributed by atoms with E-state index in [-0.39, 0.29) is 22.7 Å². The maximum Gasteiger partial charge on any atom is 0.311 e. The van der Waals surface area contributed by atoms with Crippen LogP contribution in [0, 0.1) is 0 Å². The number of ether oxygens (including phenoxy) is 1. The van der Waals surface area contributed by atoms with Gasteiger partial charge in [-0.15, -0.1) is 0 Å². The van der Waals surface area contributed by atoms with E-state index < -0.39 is 10.8 Å². The Labute approximate surface area is 167 Å². The third-order valence-corrected chi connectivity index (χ3v) is 7.05. The number of carbonyl (C=O) groups excluding carboxylic acids is 1. The number of rotatable bonds is 7. The summed E-state index contributed by atoms with van der Waals surface area (Å²) >= 11 is 0. The van der Waals surface area contributed by atoms with Crippen molar-refractivity contribution in [2.45, 2.75) is 75.4 Å². The number of nitrogens with one attached hydrogen (secondary N) is 1. The highest BCUT2D eigenvalue weighted by Gasteiger charge is 2.32. The van der Waals surface area contributed by atoms with Crippen molar-refractivity contribution in [3.05, 3.63) is 35.4 Å². The van der Waals surface area contributed by atoms with Crippen LogP contribution < -0.4 is 4.90 Å². The summed E-state index contributed by atoms with van der Waals surface area (Å²) < 4.78 is 18.8. The minimum absolute atomic E-state index is 0.0447. The van der Waals surface area contributed by atoms with Crippen molar-refractivity contribution in [3.8, 4) is 0 Å². The van der Waals surface area contributed by atoms with Crippen LogP contribution in [0.15, 0.2) is 24.3 Å². The van der Waals surface area contributed by atoms with Gasteiger partial charge in [-0.1, -0.05) is 51.5 Å². The molecule has 1 saturated carbocycles. The van der Waals surface area contributed by atoms with E-state index >= 15 is 0 Å². The fourth-order valence-corrected chi connectivity index (χ4v) is 5.15. The number of carbonyl (C=O) groups is 1. The van der Waals surface area contributed by atoms with Gasteiger partial charge in [0.25, 0.3) is 0 Å². The van der Waals surface area contributed by atoms with E-state index in [4.69, 9.17) is 4.74 Å². The first kappa shape index (κ1) is 22.1. The minimum Gasteiger partial charge on any atom is -0.461 e. The normalized spacial score (nSPS) is 21.9. The molecule has 1 N–H and O–H groups in total. The summed E-state index contributed by atoms with van der Waals surface area (Å²) in [6.07, 6.45) is 4.05. The largest absolute Gasteiger partial charge is 0.461 e. The van der Waals surface area contributed by atoms with Gasteiger partial charge in [0, 0.05) is 16.6 Å². The molecule has 0 aromatic heterocycles. The third-order valence-electron chi connectivity index (χ3n) is 5.22. The zero-order valence-corrected chi connectivity index (χ0v) is 18.4. The second-order valence-corrected chi connectivity index (χ2v) is 10.7. The smallest absolute Gasteiger partial charge is 0.311 e. The molecule has 0 heterocycles. The lowest BCUT2D eigenvalue weighted by molar-refractivity contribution is -0.857. The van der Waals surface area contributed by atoms with Gasteiger partial charge in [0.1, 0.15) is 6.10 Å². The molecule has 1 aromatic rings. The van der Waals surface area contributed by atoms with Crippen molar-refractivity contribution in [3.63, 3.8) is 0 Å². The number of esters is 1. The first-order valence-corrected chi connectivity index (χ1v) is 11.5. The zero-order valence-electron chi connectivity index (χ0n) is 17.5. The summed E-state index contributed by atoms with van der Waals surface area (Å²) in [5.74, 6) is 0.380. The number of hydrogen-bond donors (Lipinski definition) is 1. The molecule has 27 heavy (non-hydrogen) atoms. The van der Waals surface area contributed by atoms with Crippen molar-refractivity contribution < 1.29 is 18.6 Å². The first-order chi connectivity index (χ1) is 12.7. The summed E-state index contributed by atoms with van der Waals surface area (Å²) in [5.41, 5.74) is 2.49. The lowest BCUT2D eigenvalue weighted by Gasteiger charge is -2.30. The molecule has 5 heteroatoms. The Morgan fingerprint density at radius 2 is 1.78 bits per heavy atom. The molecule has 1 fully saturated rings. The van der Waals surface area contributed by atoms with E-state index in [1.807, 2.05) is 14.1 Å². The molecule has 0 unspecified atom stereocenters. The topological polar surface area (TPSA) is 47.8 Å². The summed E-state index contributed by atoms with van der Waals surface area (Å²) in [5, 5.41) is -0.0447. The van der Waals surface area contributed by atoms with Gasteiger partial charge < -0.3 is 9.64 Å². The van der Waals surface area contributed by atoms with Crippen LogP contribution in [0.5, 0.6) is 0 Å². The Bertz CT molecular complexity index is 634. The summed E-state index contributed by atoms with van der Waals surface area (Å²) in [7, 11) is 3.02. The Morgan fingerprint density at radius 3 is 2.37 bits per heavy atom. The molecular weight excluding hydrogens is 358 g/mol.